The second-order valence-corrected chi connectivity index (χ2v) is 6.21. The molecule has 0 aromatic heterocycles. The predicted molar refractivity (Wildman–Crippen MR) is 58.7 cm³/mol. The lowest BCUT2D eigenvalue weighted by Crippen LogP contribution is -2.26. The molecule has 0 fully saturated rings. The van der Waals surface area contributed by atoms with Crippen LogP contribution in [0.5, 0.6) is 0 Å². The van der Waals surface area contributed by atoms with Crippen molar-refractivity contribution in [1.29, 1.82) is 0 Å². The van der Waals surface area contributed by atoms with Crippen molar-refractivity contribution < 1.29 is 14.3 Å². The third kappa shape index (κ3) is 8.49. The molecule has 0 heterocycles. The number of rotatable bonds is 7. The summed E-state index contributed by atoms with van der Waals surface area (Å²) in [5.41, 5.74) is 0. The molecule has 0 unspecified atom stereocenters. The molecule has 0 N–H and O–H groups in total. The van der Waals surface area contributed by atoms with Gasteiger partial charge < -0.3 is 9.47 Å². The smallest absolute Gasteiger partial charge is 0.185 e. The molecule has 0 aliphatic carbocycles. The highest BCUT2D eigenvalue weighted by atomic mass is 32.2. The average Bonchev–Trinajstić information content (AvgIpc) is 2.04. The van der Waals surface area contributed by atoms with Crippen molar-refractivity contribution in [2.24, 2.45) is 0 Å². The third-order valence-corrected chi connectivity index (χ3v) is 4.47. The first-order valence-electron chi connectivity index (χ1n) is 4.57. The standard InChI is InChI=1S/C8H18O3SSi/c1-4-10-8(11-5-2)13-6-12-7(3)9/h8H,4-6,13H2,1-3H3. The van der Waals surface area contributed by atoms with Crippen LogP contribution >= 0.6 is 11.8 Å². The Morgan fingerprint density at radius 1 is 1.38 bits per heavy atom. The largest absolute Gasteiger partial charge is 0.357 e. The lowest BCUT2D eigenvalue weighted by molar-refractivity contribution is -0.109. The van der Waals surface area contributed by atoms with Gasteiger partial charge in [-0.05, 0) is 19.2 Å². The number of carbonyl (C=O) groups excluding carboxylic acids is 1. The number of hydrogen-bond donors (Lipinski definition) is 0. The van der Waals surface area contributed by atoms with Gasteiger partial charge in [-0.2, -0.15) is 0 Å². The van der Waals surface area contributed by atoms with Gasteiger partial charge in [0.05, 0.1) is 0 Å². The number of carbonyl (C=O) groups is 1. The molecule has 3 nitrogen and oxygen atoms in total. The van der Waals surface area contributed by atoms with Gasteiger partial charge >= 0.3 is 0 Å². The Kier molecular flexibility index (Phi) is 8.85. The molecule has 0 bridgehead atoms. The minimum absolute atomic E-state index is 0.0122. The Labute approximate surface area is 86.4 Å². The van der Waals surface area contributed by atoms with Crippen LogP contribution in [0.4, 0.5) is 0 Å². The molecule has 0 radical (unpaired) electrons. The van der Waals surface area contributed by atoms with Crippen molar-refractivity contribution >= 4 is 26.4 Å². The zero-order valence-corrected chi connectivity index (χ0v) is 10.8. The maximum absolute atomic E-state index is 10.6. The summed E-state index contributed by atoms with van der Waals surface area (Å²) in [6.45, 7) is 6.87. The SMILES string of the molecule is CCOC(OCC)[SiH2]CSC(C)=O. The number of hydrogen-bond acceptors (Lipinski definition) is 4. The van der Waals surface area contributed by atoms with Crippen molar-refractivity contribution in [2.45, 2.75) is 26.7 Å². The zero-order valence-electron chi connectivity index (χ0n) is 8.54. The summed E-state index contributed by atoms with van der Waals surface area (Å²) in [4.78, 5) is 10.6. The fraction of sp³-hybridized carbons (Fsp3) is 0.875. The highest BCUT2D eigenvalue weighted by Gasteiger charge is 2.08. The van der Waals surface area contributed by atoms with Crippen molar-refractivity contribution in [3.8, 4) is 0 Å². The van der Waals surface area contributed by atoms with Crippen molar-refractivity contribution in [2.75, 3.05) is 18.6 Å². The summed E-state index contributed by atoms with van der Waals surface area (Å²) in [5.74, 6) is -0.0122. The normalized spacial score (nSPS) is 11.7. The number of thioether (sulfide) groups is 1. The highest BCUT2D eigenvalue weighted by molar-refractivity contribution is 8.14. The third-order valence-electron chi connectivity index (χ3n) is 1.36. The van der Waals surface area contributed by atoms with E-state index in [-0.39, 0.29) is 11.0 Å². The van der Waals surface area contributed by atoms with Crippen molar-refractivity contribution in [1.82, 2.24) is 0 Å². The Morgan fingerprint density at radius 2 is 1.92 bits per heavy atom. The molecular formula is C8H18O3SSi. The first kappa shape index (κ1) is 13.2. The van der Waals surface area contributed by atoms with Crippen LogP contribution in [0.2, 0.25) is 0 Å². The van der Waals surface area contributed by atoms with Crippen molar-refractivity contribution in [3.63, 3.8) is 0 Å². The van der Waals surface area contributed by atoms with Crippen LogP contribution in [0.1, 0.15) is 20.8 Å². The molecule has 0 saturated carbocycles. The van der Waals surface area contributed by atoms with Gasteiger partial charge in [-0.1, -0.05) is 11.8 Å². The molecule has 78 valence electrons. The van der Waals surface area contributed by atoms with Crippen LogP contribution in [0.15, 0.2) is 0 Å². The minimum Gasteiger partial charge on any atom is -0.357 e. The summed E-state index contributed by atoms with van der Waals surface area (Å²) >= 11 is 1.37. The first-order chi connectivity index (χ1) is 6.20. The first-order valence-corrected chi connectivity index (χ1v) is 7.37. The molecule has 0 aliphatic heterocycles. The van der Waals surface area contributed by atoms with E-state index < -0.39 is 9.52 Å². The van der Waals surface area contributed by atoms with Crippen LogP contribution in [-0.2, 0) is 14.3 Å². The Balaban J connectivity index is 3.49. The van der Waals surface area contributed by atoms with Crippen LogP contribution in [0.25, 0.3) is 0 Å². The second kappa shape index (κ2) is 8.74. The maximum atomic E-state index is 10.6. The maximum Gasteiger partial charge on any atom is 0.185 e. The molecule has 0 rings (SSSR count). The molecule has 0 aromatic carbocycles. The van der Waals surface area contributed by atoms with E-state index in [0.717, 1.165) is 5.38 Å². The van der Waals surface area contributed by atoms with Gasteiger partial charge in [0.1, 0.15) is 15.4 Å². The predicted octanol–water partition coefficient (Wildman–Crippen LogP) is 0.749. The lowest BCUT2D eigenvalue weighted by Gasteiger charge is -2.15. The van der Waals surface area contributed by atoms with Crippen molar-refractivity contribution in [3.05, 3.63) is 0 Å². The van der Waals surface area contributed by atoms with Crippen LogP contribution in [-0.4, -0.2) is 39.1 Å². The van der Waals surface area contributed by atoms with E-state index in [1.165, 1.54) is 11.8 Å². The van der Waals surface area contributed by atoms with Gasteiger partial charge in [-0.15, -0.1) is 0 Å². The summed E-state index contributed by atoms with van der Waals surface area (Å²) in [5, 5.41) is 1.08. The van der Waals surface area contributed by atoms with E-state index in [1.807, 2.05) is 13.8 Å². The molecule has 0 aromatic rings. The summed E-state index contributed by atoms with van der Waals surface area (Å²) < 4.78 is 10.8. The van der Waals surface area contributed by atoms with Gasteiger partial charge in [-0.3, -0.25) is 4.79 Å². The molecule has 0 aliphatic rings. The van der Waals surface area contributed by atoms with E-state index in [4.69, 9.17) is 9.47 Å². The average molecular weight is 222 g/mol. The van der Waals surface area contributed by atoms with Crippen LogP contribution < -0.4 is 0 Å². The molecule has 0 atom stereocenters. The van der Waals surface area contributed by atoms with E-state index in [9.17, 15) is 4.79 Å². The molecule has 0 amide bonds. The number of ether oxygens (including phenoxy) is 2. The fourth-order valence-corrected chi connectivity index (χ4v) is 4.08. The van der Waals surface area contributed by atoms with E-state index in [1.54, 1.807) is 6.92 Å². The van der Waals surface area contributed by atoms with Gasteiger partial charge in [0, 0.05) is 20.1 Å². The zero-order chi connectivity index (χ0) is 10.1. The highest BCUT2D eigenvalue weighted by Crippen LogP contribution is 2.02. The Hall–Kier alpha value is 0.157. The van der Waals surface area contributed by atoms with Gasteiger partial charge in [-0.25, -0.2) is 0 Å². The van der Waals surface area contributed by atoms with Crippen LogP contribution in [0.3, 0.4) is 0 Å². The molecule has 0 saturated heterocycles. The topological polar surface area (TPSA) is 35.5 Å². The van der Waals surface area contributed by atoms with Crippen LogP contribution in [0, 0.1) is 0 Å². The fourth-order valence-electron chi connectivity index (χ4n) is 0.885. The Morgan fingerprint density at radius 3 is 2.31 bits per heavy atom. The monoisotopic (exact) mass is 222 g/mol. The van der Waals surface area contributed by atoms with E-state index in [2.05, 4.69) is 0 Å². The summed E-state index contributed by atoms with van der Waals surface area (Å²) in [6, 6.07) is 0. The molecular weight excluding hydrogens is 204 g/mol. The van der Waals surface area contributed by atoms with Gasteiger partial charge in [0.15, 0.2) is 5.12 Å². The van der Waals surface area contributed by atoms with Gasteiger partial charge in [0.25, 0.3) is 0 Å². The van der Waals surface area contributed by atoms with Gasteiger partial charge in [0.2, 0.25) is 0 Å². The van der Waals surface area contributed by atoms with E-state index >= 15 is 0 Å². The Bertz CT molecular complexity index is 137. The molecule has 5 heteroatoms. The van der Waals surface area contributed by atoms with E-state index in [0.29, 0.717) is 13.2 Å². The quantitative estimate of drug-likeness (QED) is 0.470. The molecule has 13 heavy (non-hydrogen) atoms. The lowest BCUT2D eigenvalue weighted by atomic mass is 10.9. The second-order valence-electron chi connectivity index (χ2n) is 2.47. The minimum atomic E-state index is -0.442. The molecule has 0 spiro atoms. The summed E-state index contributed by atoms with van der Waals surface area (Å²) in [6.07, 6.45) is 0. The summed E-state index contributed by atoms with van der Waals surface area (Å²) in [7, 11) is -0.442.